The average molecular weight is 434 g/mol. The van der Waals surface area contributed by atoms with Gasteiger partial charge >= 0.3 is 0 Å². The van der Waals surface area contributed by atoms with Gasteiger partial charge in [-0.3, -0.25) is 0 Å². The molecule has 1 aromatic carbocycles. The molecule has 1 aromatic heterocycles. The number of methoxy groups -OCH3 is 1. The summed E-state index contributed by atoms with van der Waals surface area (Å²) >= 11 is 0. The minimum absolute atomic E-state index is 0.0865. The van der Waals surface area contributed by atoms with Gasteiger partial charge in [-0.1, -0.05) is 0 Å². The van der Waals surface area contributed by atoms with Crippen LogP contribution in [-0.2, 0) is 4.74 Å². The summed E-state index contributed by atoms with van der Waals surface area (Å²) in [5, 5.41) is 3.17. The van der Waals surface area contributed by atoms with Gasteiger partial charge < -0.3 is 24.4 Å². The lowest BCUT2D eigenvalue weighted by Crippen LogP contribution is -2.36. The fraction of sp³-hybridized carbons (Fsp3) is 0.545. The number of nitrogens with one attached hydrogen (secondary N) is 1. The molecule has 7 nitrogen and oxygen atoms in total. The van der Waals surface area contributed by atoms with E-state index in [1.807, 2.05) is 24.3 Å². The Morgan fingerprint density at radius 1 is 1.16 bits per heavy atom. The van der Waals surface area contributed by atoms with Gasteiger partial charge in [-0.15, -0.1) is 0 Å². The Hall–Kier alpha value is -2.68. The Morgan fingerprint density at radius 2 is 1.87 bits per heavy atom. The Kier molecular flexibility index (Phi) is 6.70. The van der Waals surface area contributed by atoms with Crippen molar-refractivity contribution in [2.24, 2.45) is 5.92 Å². The van der Waals surface area contributed by atoms with Crippen molar-refractivity contribution >= 4 is 17.3 Å². The van der Waals surface area contributed by atoms with Gasteiger partial charge in [0.2, 0.25) is 11.9 Å². The van der Waals surface area contributed by atoms with Gasteiger partial charge in [-0.25, -0.2) is 13.8 Å². The largest absolute Gasteiger partial charge is 0.490 e. The van der Waals surface area contributed by atoms with Crippen LogP contribution in [0.15, 0.2) is 30.5 Å². The maximum atomic E-state index is 13.4. The van der Waals surface area contributed by atoms with Crippen molar-refractivity contribution in [2.45, 2.75) is 31.6 Å². The number of aromatic nitrogens is 2. The summed E-state index contributed by atoms with van der Waals surface area (Å²) in [6.45, 7) is 3.58. The molecular weight excluding hydrogens is 406 g/mol. The van der Waals surface area contributed by atoms with E-state index in [0.29, 0.717) is 37.0 Å². The van der Waals surface area contributed by atoms with E-state index in [0.717, 1.165) is 37.7 Å². The second-order valence-corrected chi connectivity index (χ2v) is 7.95. The number of hydrogen-bond donors (Lipinski definition) is 1. The highest BCUT2D eigenvalue weighted by atomic mass is 19.3. The molecule has 9 heteroatoms. The quantitative estimate of drug-likeness (QED) is 0.698. The molecule has 0 radical (unpaired) electrons. The Balaban J connectivity index is 1.37. The summed E-state index contributed by atoms with van der Waals surface area (Å²) in [5.41, 5.74) is 1.99. The lowest BCUT2D eigenvalue weighted by atomic mass is 9.87. The van der Waals surface area contributed by atoms with E-state index in [-0.39, 0.29) is 18.8 Å². The van der Waals surface area contributed by atoms with Gasteiger partial charge in [0, 0.05) is 37.3 Å². The topological polar surface area (TPSA) is 68.7 Å². The maximum absolute atomic E-state index is 13.4. The zero-order valence-corrected chi connectivity index (χ0v) is 17.7. The van der Waals surface area contributed by atoms with Crippen LogP contribution in [0, 0.1) is 5.92 Å². The Labute approximate surface area is 180 Å². The van der Waals surface area contributed by atoms with E-state index in [1.165, 1.54) is 7.11 Å². The summed E-state index contributed by atoms with van der Waals surface area (Å²) in [6.07, 6.45) is 2.26. The molecule has 0 unspecified atom stereocenters. The third-order valence-corrected chi connectivity index (χ3v) is 5.73. The van der Waals surface area contributed by atoms with E-state index in [4.69, 9.17) is 14.2 Å². The van der Waals surface area contributed by atoms with Gasteiger partial charge in [0.25, 0.3) is 5.88 Å². The van der Waals surface area contributed by atoms with Crippen molar-refractivity contribution < 1.29 is 23.0 Å². The van der Waals surface area contributed by atoms with E-state index < -0.39 is 5.92 Å². The number of morpholine rings is 1. The molecule has 1 saturated heterocycles. The Morgan fingerprint density at radius 3 is 2.55 bits per heavy atom. The molecule has 168 valence electrons. The van der Waals surface area contributed by atoms with Crippen molar-refractivity contribution in [3.05, 3.63) is 30.5 Å². The fourth-order valence-electron chi connectivity index (χ4n) is 3.83. The zero-order chi connectivity index (χ0) is 21.7. The van der Waals surface area contributed by atoms with Crippen LogP contribution in [0.4, 0.5) is 26.1 Å². The van der Waals surface area contributed by atoms with Crippen molar-refractivity contribution in [3.8, 4) is 11.6 Å². The molecule has 1 aliphatic carbocycles. The molecule has 1 N–H and O–H groups in total. The highest BCUT2D eigenvalue weighted by molar-refractivity contribution is 5.60. The van der Waals surface area contributed by atoms with Crippen LogP contribution in [0.3, 0.4) is 0 Å². The SMILES string of the molecule is COc1cnc(Nc2ccc(N3CCOCC3)cc2)nc1OCC1CCC(F)(F)CC1. The van der Waals surface area contributed by atoms with E-state index in [9.17, 15) is 8.78 Å². The zero-order valence-electron chi connectivity index (χ0n) is 17.7. The first kappa shape index (κ1) is 21.5. The third-order valence-electron chi connectivity index (χ3n) is 5.73. The van der Waals surface area contributed by atoms with Crippen molar-refractivity contribution in [1.82, 2.24) is 9.97 Å². The first-order valence-corrected chi connectivity index (χ1v) is 10.6. The van der Waals surface area contributed by atoms with E-state index in [1.54, 1.807) is 6.20 Å². The molecule has 0 bridgehead atoms. The van der Waals surface area contributed by atoms with Crippen LogP contribution < -0.4 is 19.7 Å². The number of ether oxygens (including phenoxy) is 3. The smallest absolute Gasteiger partial charge is 0.262 e. The van der Waals surface area contributed by atoms with Crippen LogP contribution in [0.2, 0.25) is 0 Å². The number of rotatable bonds is 7. The minimum atomic E-state index is -2.54. The number of alkyl halides is 2. The molecule has 0 amide bonds. The molecular formula is C22H28F2N4O3. The van der Waals surface area contributed by atoms with Gasteiger partial charge in [0.05, 0.1) is 33.1 Å². The van der Waals surface area contributed by atoms with Gasteiger partial charge in [0.15, 0.2) is 5.75 Å². The molecule has 0 atom stereocenters. The summed E-state index contributed by atoms with van der Waals surface area (Å²) in [5.74, 6) is -1.36. The first-order chi connectivity index (χ1) is 15.0. The summed E-state index contributed by atoms with van der Waals surface area (Å²) in [7, 11) is 1.52. The molecule has 2 aromatic rings. The van der Waals surface area contributed by atoms with Crippen LogP contribution in [-0.4, -0.2) is 55.9 Å². The maximum Gasteiger partial charge on any atom is 0.262 e. The predicted octanol–water partition coefficient (Wildman–Crippen LogP) is 4.27. The number of hydrogen-bond acceptors (Lipinski definition) is 7. The van der Waals surface area contributed by atoms with E-state index >= 15 is 0 Å². The van der Waals surface area contributed by atoms with Crippen molar-refractivity contribution in [2.75, 3.05) is 50.2 Å². The summed E-state index contributed by atoms with van der Waals surface area (Å²) in [4.78, 5) is 11.0. The van der Waals surface area contributed by atoms with Crippen LogP contribution in [0.1, 0.15) is 25.7 Å². The molecule has 1 aliphatic heterocycles. The molecule has 31 heavy (non-hydrogen) atoms. The third kappa shape index (κ3) is 5.72. The van der Waals surface area contributed by atoms with Crippen molar-refractivity contribution in [3.63, 3.8) is 0 Å². The van der Waals surface area contributed by atoms with Gasteiger partial charge in [0.1, 0.15) is 0 Å². The Bertz CT molecular complexity index is 850. The van der Waals surface area contributed by atoms with Crippen LogP contribution in [0.5, 0.6) is 11.6 Å². The summed E-state index contributed by atoms with van der Waals surface area (Å²) < 4.78 is 43.2. The second-order valence-electron chi connectivity index (χ2n) is 7.95. The number of benzene rings is 1. The molecule has 2 heterocycles. The molecule has 2 fully saturated rings. The van der Waals surface area contributed by atoms with Gasteiger partial charge in [-0.05, 0) is 43.0 Å². The predicted molar refractivity (Wildman–Crippen MR) is 114 cm³/mol. The fourth-order valence-corrected chi connectivity index (χ4v) is 3.83. The molecule has 2 aliphatic rings. The second kappa shape index (κ2) is 9.64. The monoisotopic (exact) mass is 434 g/mol. The van der Waals surface area contributed by atoms with E-state index in [2.05, 4.69) is 20.2 Å². The van der Waals surface area contributed by atoms with Gasteiger partial charge in [-0.2, -0.15) is 4.98 Å². The van der Waals surface area contributed by atoms with Crippen LogP contribution >= 0.6 is 0 Å². The number of halogens is 2. The highest BCUT2D eigenvalue weighted by Gasteiger charge is 2.35. The molecule has 0 spiro atoms. The summed E-state index contributed by atoms with van der Waals surface area (Å²) in [6, 6.07) is 8.04. The highest BCUT2D eigenvalue weighted by Crippen LogP contribution is 2.36. The number of anilines is 3. The molecule has 1 saturated carbocycles. The lowest BCUT2D eigenvalue weighted by molar-refractivity contribution is -0.0500. The normalized spacial score (nSPS) is 19.1. The standard InChI is InChI=1S/C22H28F2N4O3/c1-29-19-14-25-21(27-20(19)31-15-16-6-8-22(23,24)9-7-16)26-17-2-4-18(5-3-17)28-10-12-30-13-11-28/h2-5,14,16H,6-13,15H2,1H3,(H,25,26,27). The average Bonchev–Trinajstić information content (AvgIpc) is 2.79. The first-order valence-electron chi connectivity index (χ1n) is 10.6. The molecule has 4 rings (SSSR count). The minimum Gasteiger partial charge on any atom is -0.490 e. The van der Waals surface area contributed by atoms with Crippen LogP contribution in [0.25, 0.3) is 0 Å². The lowest BCUT2D eigenvalue weighted by Gasteiger charge is -2.28. The number of nitrogens with zero attached hydrogens (tertiary/aromatic N) is 3. The van der Waals surface area contributed by atoms with Crippen molar-refractivity contribution in [1.29, 1.82) is 0 Å².